The fourth-order valence-corrected chi connectivity index (χ4v) is 1.29. The van der Waals surface area contributed by atoms with Gasteiger partial charge in [-0.05, 0) is 18.6 Å². The van der Waals surface area contributed by atoms with E-state index in [1.807, 2.05) is 19.1 Å². The standard InChI is InChI=1S/C11H8ClN5/c1-7-2-10(16-5-9(7)12)17-11-6-14-8(3-13)4-15-11/h2,4-6H,1H3,(H,15,16,17). The van der Waals surface area contributed by atoms with Gasteiger partial charge in [0.15, 0.2) is 5.69 Å². The summed E-state index contributed by atoms with van der Waals surface area (Å²) in [6.45, 7) is 1.89. The third kappa shape index (κ3) is 2.68. The van der Waals surface area contributed by atoms with Crippen LogP contribution in [0.3, 0.4) is 0 Å². The maximum atomic E-state index is 8.59. The van der Waals surface area contributed by atoms with E-state index in [9.17, 15) is 0 Å². The molecule has 0 bridgehead atoms. The number of aromatic nitrogens is 3. The van der Waals surface area contributed by atoms with Crippen molar-refractivity contribution in [3.8, 4) is 6.07 Å². The van der Waals surface area contributed by atoms with E-state index in [-0.39, 0.29) is 5.69 Å². The van der Waals surface area contributed by atoms with Crippen LogP contribution < -0.4 is 5.32 Å². The second kappa shape index (κ2) is 4.76. The summed E-state index contributed by atoms with van der Waals surface area (Å²) in [5, 5.41) is 12.2. The van der Waals surface area contributed by atoms with Crippen molar-refractivity contribution < 1.29 is 0 Å². The van der Waals surface area contributed by atoms with E-state index in [4.69, 9.17) is 16.9 Å². The molecule has 1 N–H and O–H groups in total. The molecule has 0 saturated heterocycles. The molecule has 0 radical (unpaired) electrons. The maximum absolute atomic E-state index is 8.59. The molecule has 0 aliphatic heterocycles. The summed E-state index contributed by atoms with van der Waals surface area (Å²) in [6, 6.07) is 3.71. The van der Waals surface area contributed by atoms with Gasteiger partial charge in [0.1, 0.15) is 17.7 Å². The van der Waals surface area contributed by atoms with Gasteiger partial charge in [-0.1, -0.05) is 11.6 Å². The van der Waals surface area contributed by atoms with Crippen LogP contribution in [-0.4, -0.2) is 15.0 Å². The molecular formula is C11H8ClN5. The second-order valence-corrected chi connectivity index (χ2v) is 3.75. The lowest BCUT2D eigenvalue weighted by molar-refractivity contribution is 1.15. The van der Waals surface area contributed by atoms with E-state index >= 15 is 0 Å². The molecule has 0 unspecified atom stereocenters. The lowest BCUT2D eigenvalue weighted by atomic mass is 10.3. The Kier molecular flexibility index (Phi) is 3.17. The quantitative estimate of drug-likeness (QED) is 0.880. The Balaban J connectivity index is 2.20. The van der Waals surface area contributed by atoms with Crippen LogP contribution in [0.2, 0.25) is 5.02 Å². The van der Waals surface area contributed by atoms with Gasteiger partial charge in [0.05, 0.1) is 17.4 Å². The summed E-state index contributed by atoms with van der Waals surface area (Å²) in [5.74, 6) is 1.16. The molecule has 5 nitrogen and oxygen atoms in total. The Morgan fingerprint density at radius 1 is 1.18 bits per heavy atom. The van der Waals surface area contributed by atoms with Crippen molar-refractivity contribution in [2.24, 2.45) is 0 Å². The number of hydrogen-bond acceptors (Lipinski definition) is 5. The lowest BCUT2D eigenvalue weighted by Gasteiger charge is -2.05. The number of pyridine rings is 1. The predicted molar refractivity (Wildman–Crippen MR) is 64.0 cm³/mol. The van der Waals surface area contributed by atoms with Gasteiger partial charge in [-0.2, -0.15) is 5.26 Å². The first-order chi connectivity index (χ1) is 8.19. The molecule has 2 aromatic rings. The van der Waals surface area contributed by atoms with E-state index in [2.05, 4.69) is 20.3 Å². The van der Waals surface area contributed by atoms with Crippen LogP contribution in [-0.2, 0) is 0 Å². The van der Waals surface area contributed by atoms with Crippen molar-refractivity contribution in [1.29, 1.82) is 5.26 Å². The smallest absolute Gasteiger partial charge is 0.158 e. The van der Waals surface area contributed by atoms with Gasteiger partial charge in [0, 0.05) is 6.20 Å². The average Bonchev–Trinajstić information content (AvgIpc) is 2.35. The molecule has 2 aromatic heterocycles. The second-order valence-electron chi connectivity index (χ2n) is 3.34. The van der Waals surface area contributed by atoms with E-state index in [1.165, 1.54) is 12.4 Å². The summed E-state index contributed by atoms with van der Waals surface area (Å²) < 4.78 is 0. The van der Waals surface area contributed by atoms with Crippen LogP contribution in [0.5, 0.6) is 0 Å². The van der Waals surface area contributed by atoms with Gasteiger partial charge >= 0.3 is 0 Å². The Labute approximate surface area is 103 Å². The summed E-state index contributed by atoms with van der Waals surface area (Å²) in [7, 11) is 0. The Bertz CT molecular complexity index is 573. The first-order valence-corrected chi connectivity index (χ1v) is 5.18. The van der Waals surface area contributed by atoms with E-state index < -0.39 is 0 Å². The molecule has 2 rings (SSSR count). The fraction of sp³-hybridized carbons (Fsp3) is 0.0909. The van der Waals surface area contributed by atoms with Crippen LogP contribution in [0.25, 0.3) is 0 Å². The SMILES string of the molecule is Cc1cc(Nc2cnc(C#N)cn2)ncc1Cl. The summed E-state index contributed by atoms with van der Waals surface area (Å²) in [6.07, 6.45) is 4.44. The first-order valence-electron chi connectivity index (χ1n) is 4.80. The highest BCUT2D eigenvalue weighted by molar-refractivity contribution is 6.31. The van der Waals surface area contributed by atoms with Crippen LogP contribution >= 0.6 is 11.6 Å². The van der Waals surface area contributed by atoms with Crippen LogP contribution in [0, 0.1) is 18.3 Å². The summed E-state index contributed by atoms with van der Waals surface area (Å²) >= 11 is 5.87. The third-order valence-electron chi connectivity index (χ3n) is 2.07. The minimum absolute atomic E-state index is 0.274. The maximum Gasteiger partial charge on any atom is 0.158 e. The highest BCUT2D eigenvalue weighted by Gasteiger charge is 2.01. The number of halogens is 1. The molecule has 0 aliphatic rings. The normalized spacial score (nSPS) is 9.71. The molecule has 2 heterocycles. The van der Waals surface area contributed by atoms with Gasteiger partial charge in [-0.25, -0.2) is 15.0 Å². The lowest BCUT2D eigenvalue weighted by Crippen LogP contribution is -1.98. The van der Waals surface area contributed by atoms with Crippen LogP contribution in [0.4, 0.5) is 11.6 Å². The molecule has 84 valence electrons. The van der Waals surface area contributed by atoms with E-state index in [0.29, 0.717) is 16.7 Å². The number of nitrogens with zero attached hydrogens (tertiary/aromatic N) is 4. The topological polar surface area (TPSA) is 74.5 Å². The summed E-state index contributed by atoms with van der Waals surface area (Å²) in [4.78, 5) is 12.0. The number of hydrogen-bond donors (Lipinski definition) is 1. The summed E-state index contributed by atoms with van der Waals surface area (Å²) in [5.41, 5.74) is 1.20. The minimum atomic E-state index is 0.274. The highest BCUT2D eigenvalue weighted by atomic mass is 35.5. The zero-order chi connectivity index (χ0) is 12.3. The van der Waals surface area contributed by atoms with Crippen molar-refractivity contribution in [2.75, 3.05) is 5.32 Å². The number of nitrogens with one attached hydrogen (secondary N) is 1. The van der Waals surface area contributed by atoms with Crippen molar-refractivity contribution >= 4 is 23.2 Å². The van der Waals surface area contributed by atoms with Gasteiger partial charge in [0.25, 0.3) is 0 Å². The largest absolute Gasteiger partial charge is 0.324 e. The zero-order valence-corrected chi connectivity index (χ0v) is 9.73. The molecule has 0 aliphatic carbocycles. The molecule has 0 spiro atoms. The van der Waals surface area contributed by atoms with E-state index in [1.54, 1.807) is 6.20 Å². The molecular weight excluding hydrogens is 238 g/mol. The molecule has 0 fully saturated rings. The van der Waals surface area contributed by atoms with Crippen molar-refractivity contribution in [1.82, 2.24) is 15.0 Å². The van der Waals surface area contributed by atoms with Gasteiger partial charge in [-0.3, -0.25) is 0 Å². The zero-order valence-electron chi connectivity index (χ0n) is 8.98. The fourth-order valence-electron chi connectivity index (χ4n) is 1.19. The number of rotatable bonds is 2. The van der Waals surface area contributed by atoms with Gasteiger partial charge < -0.3 is 5.32 Å². The van der Waals surface area contributed by atoms with Crippen molar-refractivity contribution in [2.45, 2.75) is 6.92 Å². The highest BCUT2D eigenvalue weighted by Crippen LogP contribution is 2.18. The molecule has 17 heavy (non-hydrogen) atoms. The monoisotopic (exact) mass is 245 g/mol. The molecule has 0 amide bonds. The average molecular weight is 246 g/mol. The first kappa shape index (κ1) is 11.3. The molecule has 0 aromatic carbocycles. The van der Waals surface area contributed by atoms with Gasteiger partial charge in [-0.15, -0.1) is 0 Å². The third-order valence-corrected chi connectivity index (χ3v) is 2.47. The number of anilines is 2. The van der Waals surface area contributed by atoms with Crippen molar-refractivity contribution in [3.63, 3.8) is 0 Å². The van der Waals surface area contributed by atoms with Crippen LogP contribution in [0.15, 0.2) is 24.7 Å². The van der Waals surface area contributed by atoms with Crippen molar-refractivity contribution in [3.05, 3.63) is 40.9 Å². The predicted octanol–water partition coefficient (Wildman–Crippen LogP) is 2.45. The number of nitriles is 1. The number of aryl methyl sites for hydroxylation is 1. The molecule has 6 heteroatoms. The van der Waals surface area contributed by atoms with E-state index in [0.717, 1.165) is 5.56 Å². The Morgan fingerprint density at radius 2 is 1.94 bits per heavy atom. The van der Waals surface area contributed by atoms with Gasteiger partial charge in [0.2, 0.25) is 0 Å². The van der Waals surface area contributed by atoms with Crippen LogP contribution in [0.1, 0.15) is 11.3 Å². The molecule has 0 atom stereocenters. The minimum Gasteiger partial charge on any atom is -0.324 e. The molecule has 0 saturated carbocycles. The Hall–Kier alpha value is -2.19. The Morgan fingerprint density at radius 3 is 2.53 bits per heavy atom.